The van der Waals surface area contributed by atoms with Crippen LogP contribution in [0.4, 0.5) is 10.1 Å². The Bertz CT molecular complexity index is 1340. The number of piperazine rings is 1. The Balaban J connectivity index is 1.69. The SMILES string of the molecule is CCn1cc(C(=O)/C=C/c2ccc(Cl)cc2)c(=O)c2cc(F)c(N3CCN(C(C)=O)CC3)cc21. The third-order valence-electron chi connectivity index (χ3n) is 6.12. The van der Waals surface area contributed by atoms with E-state index in [9.17, 15) is 14.4 Å². The Morgan fingerprint density at radius 3 is 2.38 bits per heavy atom. The molecule has 3 aromatic rings. The summed E-state index contributed by atoms with van der Waals surface area (Å²) in [5.41, 5.74) is 1.21. The van der Waals surface area contributed by atoms with Gasteiger partial charge in [-0.25, -0.2) is 4.39 Å². The molecule has 4 rings (SSSR count). The first kappa shape index (κ1) is 23.7. The molecule has 2 heterocycles. The van der Waals surface area contributed by atoms with Gasteiger partial charge in [-0.3, -0.25) is 14.4 Å². The summed E-state index contributed by atoms with van der Waals surface area (Å²) in [4.78, 5) is 41.2. The molecule has 1 aliphatic heterocycles. The maximum Gasteiger partial charge on any atom is 0.219 e. The number of aryl methyl sites for hydroxylation is 1. The largest absolute Gasteiger partial charge is 0.366 e. The third kappa shape index (κ3) is 4.75. The van der Waals surface area contributed by atoms with E-state index in [2.05, 4.69) is 0 Å². The standard InChI is InChI=1S/C26H25ClFN3O3/c1-3-29-16-21(25(33)9-6-18-4-7-19(27)8-5-18)26(34)20-14-22(28)24(15-23(20)29)31-12-10-30(11-13-31)17(2)32/h4-9,14-16H,3,10-13H2,1-2H3/b9-6+. The number of hydrogen-bond acceptors (Lipinski definition) is 4. The number of carbonyl (C=O) groups is 2. The highest BCUT2D eigenvalue weighted by Gasteiger charge is 2.23. The summed E-state index contributed by atoms with van der Waals surface area (Å²) in [6, 6.07) is 9.85. The Morgan fingerprint density at radius 1 is 1.09 bits per heavy atom. The summed E-state index contributed by atoms with van der Waals surface area (Å²) in [5, 5.41) is 0.752. The van der Waals surface area contributed by atoms with E-state index in [1.165, 1.54) is 25.3 Å². The highest BCUT2D eigenvalue weighted by Crippen LogP contribution is 2.26. The van der Waals surface area contributed by atoms with Gasteiger partial charge in [-0.2, -0.15) is 0 Å². The maximum absolute atomic E-state index is 15.1. The van der Waals surface area contributed by atoms with E-state index in [0.29, 0.717) is 49.0 Å². The smallest absolute Gasteiger partial charge is 0.219 e. The van der Waals surface area contributed by atoms with E-state index in [-0.39, 0.29) is 16.9 Å². The zero-order valence-electron chi connectivity index (χ0n) is 19.1. The fraction of sp³-hybridized carbons (Fsp3) is 0.269. The summed E-state index contributed by atoms with van der Waals surface area (Å²) in [7, 11) is 0. The maximum atomic E-state index is 15.1. The van der Waals surface area contributed by atoms with E-state index in [1.807, 2.05) is 11.8 Å². The molecule has 0 atom stereocenters. The molecule has 1 amide bonds. The fourth-order valence-electron chi connectivity index (χ4n) is 4.18. The molecule has 1 aromatic heterocycles. The van der Waals surface area contributed by atoms with Gasteiger partial charge < -0.3 is 14.4 Å². The lowest BCUT2D eigenvalue weighted by molar-refractivity contribution is -0.129. The van der Waals surface area contributed by atoms with Crippen LogP contribution in [0, 0.1) is 5.82 Å². The first-order valence-electron chi connectivity index (χ1n) is 11.1. The molecule has 0 radical (unpaired) electrons. The number of amides is 1. The number of carbonyl (C=O) groups excluding carboxylic acids is 2. The highest BCUT2D eigenvalue weighted by molar-refractivity contribution is 6.30. The van der Waals surface area contributed by atoms with Crippen molar-refractivity contribution in [2.75, 3.05) is 31.1 Å². The highest BCUT2D eigenvalue weighted by atomic mass is 35.5. The lowest BCUT2D eigenvalue weighted by atomic mass is 10.1. The second kappa shape index (κ2) is 9.81. The molecule has 0 saturated carbocycles. The van der Waals surface area contributed by atoms with Gasteiger partial charge in [0.1, 0.15) is 5.82 Å². The number of ketones is 1. The summed E-state index contributed by atoms with van der Waals surface area (Å²) in [5.74, 6) is -0.973. The summed E-state index contributed by atoms with van der Waals surface area (Å²) in [6.07, 6.45) is 4.49. The number of benzene rings is 2. The molecule has 1 saturated heterocycles. The van der Waals surface area contributed by atoms with E-state index < -0.39 is 17.0 Å². The van der Waals surface area contributed by atoms with E-state index in [0.717, 1.165) is 5.56 Å². The minimum atomic E-state index is -0.523. The molecule has 0 N–H and O–H groups in total. The van der Waals surface area contributed by atoms with Crippen LogP contribution in [-0.2, 0) is 11.3 Å². The number of rotatable bonds is 5. The van der Waals surface area contributed by atoms with Crippen LogP contribution in [-0.4, -0.2) is 47.3 Å². The van der Waals surface area contributed by atoms with Crippen LogP contribution in [0.2, 0.25) is 5.02 Å². The van der Waals surface area contributed by atoms with Crippen molar-refractivity contribution in [2.24, 2.45) is 0 Å². The van der Waals surface area contributed by atoms with Crippen molar-refractivity contribution in [3.8, 4) is 0 Å². The van der Waals surface area contributed by atoms with Crippen molar-refractivity contribution >= 4 is 46.0 Å². The first-order valence-corrected chi connectivity index (χ1v) is 11.5. The van der Waals surface area contributed by atoms with Crippen LogP contribution in [0.3, 0.4) is 0 Å². The molecule has 0 bridgehead atoms. The molecule has 0 aliphatic carbocycles. The first-order chi connectivity index (χ1) is 16.3. The van der Waals surface area contributed by atoms with Crippen molar-refractivity contribution in [2.45, 2.75) is 20.4 Å². The molecule has 2 aromatic carbocycles. The van der Waals surface area contributed by atoms with Crippen LogP contribution in [0.15, 0.2) is 53.5 Å². The fourth-order valence-corrected chi connectivity index (χ4v) is 4.30. The summed E-state index contributed by atoms with van der Waals surface area (Å²) < 4.78 is 16.9. The molecule has 8 heteroatoms. The molecule has 0 unspecified atom stereocenters. The number of anilines is 1. The van der Waals surface area contributed by atoms with Gasteiger partial charge >= 0.3 is 0 Å². The van der Waals surface area contributed by atoms with Gasteiger partial charge in [0.15, 0.2) is 5.78 Å². The lowest BCUT2D eigenvalue weighted by Crippen LogP contribution is -2.48. The minimum Gasteiger partial charge on any atom is -0.366 e. The molecular weight excluding hydrogens is 457 g/mol. The number of fused-ring (bicyclic) bond motifs is 1. The molecule has 6 nitrogen and oxygen atoms in total. The molecule has 1 fully saturated rings. The van der Waals surface area contributed by atoms with Gasteiger partial charge in [-0.1, -0.05) is 29.8 Å². The predicted molar refractivity (Wildman–Crippen MR) is 133 cm³/mol. The monoisotopic (exact) mass is 481 g/mol. The molecule has 34 heavy (non-hydrogen) atoms. The number of hydrogen-bond donors (Lipinski definition) is 0. The van der Waals surface area contributed by atoms with Crippen molar-refractivity contribution in [1.29, 1.82) is 0 Å². The van der Waals surface area contributed by atoms with Crippen molar-refractivity contribution < 1.29 is 14.0 Å². The Morgan fingerprint density at radius 2 is 1.76 bits per heavy atom. The van der Waals surface area contributed by atoms with Gasteiger partial charge in [-0.15, -0.1) is 0 Å². The predicted octanol–water partition coefficient (Wildman–Crippen LogP) is 4.38. The number of pyridine rings is 1. The van der Waals surface area contributed by atoms with Gasteiger partial charge in [0, 0.05) is 56.3 Å². The Kier molecular flexibility index (Phi) is 6.84. The van der Waals surface area contributed by atoms with Crippen molar-refractivity contribution in [1.82, 2.24) is 9.47 Å². The van der Waals surface area contributed by atoms with Crippen LogP contribution in [0.1, 0.15) is 29.8 Å². The molecular formula is C26H25ClFN3O3. The van der Waals surface area contributed by atoms with Crippen LogP contribution in [0.25, 0.3) is 17.0 Å². The van der Waals surface area contributed by atoms with E-state index in [1.54, 1.807) is 45.9 Å². The van der Waals surface area contributed by atoms with Crippen molar-refractivity contribution in [3.05, 3.63) is 80.9 Å². The second-order valence-corrected chi connectivity index (χ2v) is 8.66. The number of halogens is 2. The molecule has 1 aliphatic rings. The van der Waals surface area contributed by atoms with Gasteiger partial charge in [0.05, 0.1) is 16.8 Å². The lowest BCUT2D eigenvalue weighted by Gasteiger charge is -2.36. The molecule has 176 valence electrons. The zero-order valence-corrected chi connectivity index (χ0v) is 19.8. The average Bonchev–Trinajstić information content (AvgIpc) is 2.84. The Hall–Kier alpha value is -3.45. The van der Waals surface area contributed by atoms with Crippen LogP contribution in [0.5, 0.6) is 0 Å². The van der Waals surface area contributed by atoms with Crippen molar-refractivity contribution in [3.63, 3.8) is 0 Å². The van der Waals surface area contributed by atoms with Gasteiger partial charge in [-0.05, 0) is 42.8 Å². The zero-order chi connectivity index (χ0) is 24.4. The van der Waals surface area contributed by atoms with Gasteiger partial charge in [0.2, 0.25) is 11.3 Å². The second-order valence-electron chi connectivity index (χ2n) is 8.22. The van der Waals surface area contributed by atoms with E-state index in [4.69, 9.17) is 11.6 Å². The minimum absolute atomic E-state index is 0.000707. The summed E-state index contributed by atoms with van der Waals surface area (Å²) >= 11 is 5.89. The van der Waals surface area contributed by atoms with E-state index >= 15 is 4.39 Å². The normalized spacial score (nSPS) is 14.2. The number of aromatic nitrogens is 1. The summed E-state index contributed by atoms with van der Waals surface area (Å²) in [6.45, 7) is 5.96. The number of nitrogens with zero attached hydrogens (tertiary/aromatic N) is 3. The topological polar surface area (TPSA) is 62.6 Å². The average molecular weight is 482 g/mol. The quantitative estimate of drug-likeness (QED) is 0.401. The third-order valence-corrected chi connectivity index (χ3v) is 6.37. The van der Waals surface area contributed by atoms with Crippen LogP contribution >= 0.6 is 11.6 Å². The Labute approximate surface area is 201 Å². The van der Waals surface area contributed by atoms with Crippen LogP contribution < -0.4 is 10.3 Å². The molecule has 0 spiro atoms. The number of allylic oxidation sites excluding steroid dienone is 1. The van der Waals surface area contributed by atoms with Gasteiger partial charge in [0.25, 0.3) is 0 Å².